The van der Waals surface area contributed by atoms with Gasteiger partial charge in [-0.1, -0.05) is 50.2 Å². The molecule has 0 saturated heterocycles. The first-order valence-electron chi connectivity index (χ1n) is 10.5. The summed E-state index contributed by atoms with van der Waals surface area (Å²) in [7, 11) is 0. The summed E-state index contributed by atoms with van der Waals surface area (Å²) in [6, 6.07) is 15.2. The Hall–Kier alpha value is -2.31. The second kappa shape index (κ2) is 10.6. The van der Waals surface area contributed by atoms with Crippen molar-refractivity contribution < 1.29 is 9.59 Å². The minimum atomic E-state index is -0.561. The molecule has 0 radical (unpaired) electrons. The van der Waals surface area contributed by atoms with E-state index in [1.165, 1.54) is 16.7 Å². The monoisotopic (exact) mass is 425 g/mol. The summed E-state index contributed by atoms with van der Waals surface area (Å²) in [6.45, 7) is 4.94. The molecule has 1 aliphatic heterocycles. The summed E-state index contributed by atoms with van der Waals surface area (Å²) < 4.78 is 0. The zero-order chi connectivity index (χ0) is 21.5. The van der Waals surface area contributed by atoms with Crippen molar-refractivity contribution in [3.8, 4) is 0 Å². The molecule has 2 atom stereocenters. The normalized spacial score (nSPS) is 16.6. The van der Waals surface area contributed by atoms with Crippen LogP contribution in [0, 0.1) is 0 Å². The third-order valence-electron chi connectivity index (χ3n) is 5.49. The van der Waals surface area contributed by atoms with Gasteiger partial charge in [-0.15, -0.1) is 0 Å². The fourth-order valence-electron chi connectivity index (χ4n) is 3.60. The predicted molar refractivity (Wildman–Crippen MR) is 125 cm³/mol. The number of hydrogen-bond donors (Lipinski definition) is 3. The molecule has 2 unspecified atom stereocenters. The number of carbonyl (C=O) groups is 2. The third-order valence-corrected chi connectivity index (χ3v) is 6.13. The number of rotatable bonds is 8. The molecule has 2 amide bonds. The second-order valence-corrected chi connectivity index (χ2v) is 9.00. The van der Waals surface area contributed by atoms with Crippen LogP contribution < -0.4 is 16.0 Å². The summed E-state index contributed by atoms with van der Waals surface area (Å²) in [5.41, 5.74) is 4.39. The molecule has 0 aliphatic carbocycles. The first-order valence-corrected chi connectivity index (χ1v) is 11.9. The largest absolute Gasteiger partial charge is 0.343 e. The Kier molecular flexibility index (Phi) is 7.94. The highest BCUT2D eigenvalue weighted by atomic mass is 32.2. The van der Waals surface area contributed by atoms with Gasteiger partial charge in [0.1, 0.15) is 6.04 Å². The number of nitrogens with one attached hydrogen (secondary N) is 3. The lowest BCUT2D eigenvalue weighted by Crippen LogP contribution is -2.53. The van der Waals surface area contributed by atoms with Gasteiger partial charge in [-0.2, -0.15) is 11.8 Å². The Morgan fingerprint density at radius 3 is 2.47 bits per heavy atom. The van der Waals surface area contributed by atoms with Crippen molar-refractivity contribution in [2.45, 2.75) is 51.2 Å². The molecule has 2 aromatic carbocycles. The molecule has 0 saturated carbocycles. The van der Waals surface area contributed by atoms with E-state index in [-0.39, 0.29) is 17.9 Å². The number of hydrogen-bond acceptors (Lipinski definition) is 4. The standard InChI is InChI=1S/C24H31N3O2S/c1-16(2)17-8-10-20(11-9-17)26-23(28)21(12-13-30-3)27-24(29)22-14-18-6-4-5-7-19(18)15-25-22/h4-11,16,21-22,25H,12-15H2,1-3H3,(H,26,28)(H,27,29). The van der Waals surface area contributed by atoms with Crippen LogP contribution in [0.4, 0.5) is 5.69 Å². The molecule has 2 aromatic rings. The van der Waals surface area contributed by atoms with Crippen LogP contribution in [0.15, 0.2) is 48.5 Å². The van der Waals surface area contributed by atoms with Crippen LogP contribution in [0.1, 0.15) is 42.9 Å². The zero-order valence-electron chi connectivity index (χ0n) is 17.9. The van der Waals surface area contributed by atoms with Gasteiger partial charge >= 0.3 is 0 Å². The van der Waals surface area contributed by atoms with Crippen LogP contribution in [0.5, 0.6) is 0 Å². The summed E-state index contributed by atoms with van der Waals surface area (Å²) in [5.74, 6) is 0.939. The van der Waals surface area contributed by atoms with Crippen molar-refractivity contribution in [1.82, 2.24) is 10.6 Å². The van der Waals surface area contributed by atoms with E-state index < -0.39 is 6.04 Å². The van der Waals surface area contributed by atoms with Gasteiger partial charge in [0.25, 0.3) is 0 Å². The molecular formula is C24H31N3O2S. The Morgan fingerprint density at radius 1 is 1.10 bits per heavy atom. The van der Waals surface area contributed by atoms with Crippen LogP contribution in [-0.4, -0.2) is 35.9 Å². The van der Waals surface area contributed by atoms with Gasteiger partial charge in [0.15, 0.2) is 0 Å². The molecule has 160 valence electrons. The fourth-order valence-corrected chi connectivity index (χ4v) is 4.07. The molecule has 1 heterocycles. The van der Waals surface area contributed by atoms with Crippen LogP contribution in [0.2, 0.25) is 0 Å². The summed E-state index contributed by atoms with van der Waals surface area (Å²) in [6.07, 6.45) is 3.22. The lowest BCUT2D eigenvalue weighted by molar-refractivity contribution is -0.128. The fraction of sp³-hybridized carbons (Fsp3) is 0.417. The van der Waals surface area contributed by atoms with E-state index >= 15 is 0 Å². The average Bonchev–Trinajstić information content (AvgIpc) is 2.76. The Bertz CT molecular complexity index is 867. The van der Waals surface area contributed by atoms with Crippen LogP contribution in [0.25, 0.3) is 0 Å². The van der Waals surface area contributed by atoms with E-state index in [1.807, 2.05) is 42.7 Å². The average molecular weight is 426 g/mol. The molecule has 0 aromatic heterocycles. The van der Waals surface area contributed by atoms with E-state index in [2.05, 4.69) is 41.9 Å². The van der Waals surface area contributed by atoms with Gasteiger partial charge in [-0.3, -0.25) is 9.59 Å². The van der Waals surface area contributed by atoms with Crippen molar-refractivity contribution in [1.29, 1.82) is 0 Å². The SMILES string of the molecule is CSCCC(NC(=O)C1Cc2ccccc2CN1)C(=O)Nc1ccc(C(C)C)cc1. The highest BCUT2D eigenvalue weighted by Gasteiger charge is 2.28. The minimum absolute atomic E-state index is 0.124. The maximum absolute atomic E-state index is 12.9. The molecule has 0 fully saturated rings. The third kappa shape index (κ3) is 5.86. The highest BCUT2D eigenvalue weighted by molar-refractivity contribution is 7.98. The maximum Gasteiger partial charge on any atom is 0.246 e. The molecule has 0 bridgehead atoms. The Balaban J connectivity index is 1.63. The molecule has 30 heavy (non-hydrogen) atoms. The molecule has 6 heteroatoms. The first-order chi connectivity index (χ1) is 14.5. The van der Waals surface area contributed by atoms with E-state index in [9.17, 15) is 9.59 Å². The van der Waals surface area contributed by atoms with Gasteiger partial charge in [0, 0.05) is 12.2 Å². The predicted octanol–water partition coefficient (Wildman–Crippen LogP) is 3.70. The van der Waals surface area contributed by atoms with Crippen LogP contribution >= 0.6 is 11.8 Å². The smallest absolute Gasteiger partial charge is 0.246 e. The zero-order valence-corrected chi connectivity index (χ0v) is 18.7. The second-order valence-electron chi connectivity index (χ2n) is 8.01. The van der Waals surface area contributed by atoms with E-state index in [1.54, 1.807) is 11.8 Å². The quantitative estimate of drug-likeness (QED) is 0.603. The van der Waals surface area contributed by atoms with E-state index in [0.717, 1.165) is 11.4 Å². The van der Waals surface area contributed by atoms with Crippen LogP contribution in [0.3, 0.4) is 0 Å². The number of benzene rings is 2. The first kappa shape index (κ1) is 22.4. The lowest BCUT2D eigenvalue weighted by Gasteiger charge is -2.27. The topological polar surface area (TPSA) is 70.2 Å². The molecule has 1 aliphatic rings. The Morgan fingerprint density at radius 2 is 1.80 bits per heavy atom. The van der Waals surface area contributed by atoms with Gasteiger partial charge < -0.3 is 16.0 Å². The van der Waals surface area contributed by atoms with Crippen molar-refractivity contribution in [2.24, 2.45) is 0 Å². The van der Waals surface area contributed by atoms with Crippen molar-refractivity contribution >= 4 is 29.3 Å². The number of thioether (sulfide) groups is 1. The molecular weight excluding hydrogens is 394 g/mol. The van der Waals surface area contributed by atoms with Crippen molar-refractivity contribution in [2.75, 3.05) is 17.3 Å². The van der Waals surface area contributed by atoms with Crippen LogP contribution in [-0.2, 0) is 22.6 Å². The number of amides is 2. The summed E-state index contributed by atoms with van der Waals surface area (Å²) in [4.78, 5) is 25.8. The summed E-state index contributed by atoms with van der Waals surface area (Å²) in [5, 5.41) is 9.23. The molecule has 3 N–H and O–H groups in total. The lowest BCUT2D eigenvalue weighted by atomic mass is 9.95. The number of anilines is 1. The molecule has 0 spiro atoms. The van der Waals surface area contributed by atoms with Gasteiger partial charge in [0.2, 0.25) is 11.8 Å². The number of carbonyl (C=O) groups excluding carboxylic acids is 2. The van der Waals surface area contributed by atoms with E-state index in [0.29, 0.717) is 25.3 Å². The minimum Gasteiger partial charge on any atom is -0.343 e. The maximum atomic E-state index is 12.9. The van der Waals surface area contributed by atoms with Crippen molar-refractivity contribution in [3.63, 3.8) is 0 Å². The van der Waals surface area contributed by atoms with E-state index in [4.69, 9.17) is 0 Å². The molecule has 3 rings (SSSR count). The highest BCUT2D eigenvalue weighted by Crippen LogP contribution is 2.18. The van der Waals surface area contributed by atoms with Gasteiger partial charge in [-0.25, -0.2) is 0 Å². The van der Waals surface area contributed by atoms with Gasteiger partial charge in [0.05, 0.1) is 6.04 Å². The van der Waals surface area contributed by atoms with Gasteiger partial charge in [-0.05, 0) is 59.6 Å². The number of fused-ring (bicyclic) bond motifs is 1. The Labute approximate surface area is 183 Å². The van der Waals surface area contributed by atoms with Crippen molar-refractivity contribution in [3.05, 3.63) is 65.2 Å². The summed E-state index contributed by atoms with van der Waals surface area (Å²) >= 11 is 1.67. The molecule has 5 nitrogen and oxygen atoms in total.